The summed E-state index contributed by atoms with van der Waals surface area (Å²) in [5, 5.41) is 14.2. The molecule has 12 nitrogen and oxygen atoms in total. The predicted octanol–water partition coefficient (Wildman–Crippen LogP) is -2.23. The fraction of sp³-hybridized carbons (Fsp3) is 0.737. The Hall–Kier alpha value is -2.73. The molecular weight excluding hydrogens is 408 g/mol. The number of hydrogen-bond acceptors (Lipinski definition) is 7. The number of carbonyl (C=O) groups is 5. The number of carboxylic acid groups (broad SMARTS) is 1. The van der Waals surface area contributed by atoms with Gasteiger partial charge in [0.15, 0.2) is 0 Å². The van der Waals surface area contributed by atoms with E-state index in [9.17, 15) is 29.1 Å². The Morgan fingerprint density at radius 3 is 2.39 bits per heavy atom. The summed E-state index contributed by atoms with van der Waals surface area (Å²) < 4.78 is 0. The van der Waals surface area contributed by atoms with Crippen molar-refractivity contribution >= 4 is 29.6 Å². The first-order chi connectivity index (χ1) is 14.6. The maximum Gasteiger partial charge on any atom is 0.326 e. The standard InChI is InChI=1S/C19H34N6O6/c1-11(23-16(27)12(21)5-2-3-9-20)18(29)25-10-4-6-14(25)17(28)24-13(19(30)31)7-8-15(22)26/h11-14H,2-10,20-21H2,1H3,(H2,22,26)(H,23,27)(H,24,28)(H,30,31). The number of carbonyl (C=O) groups excluding carboxylic acids is 4. The molecule has 1 fully saturated rings. The van der Waals surface area contributed by atoms with Crippen molar-refractivity contribution in [2.45, 2.75) is 76.0 Å². The van der Waals surface area contributed by atoms with Crippen LogP contribution in [0.1, 0.15) is 51.9 Å². The maximum atomic E-state index is 12.8. The average Bonchev–Trinajstić information content (AvgIpc) is 3.19. The van der Waals surface area contributed by atoms with Crippen LogP contribution in [0, 0.1) is 0 Å². The zero-order valence-electron chi connectivity index (χ0n) is 17.8. The Morgan fingerprint density at radius 1 is 1.13 bits per heavy atom. The lowest BCUT2D eigenvalue weighted by Gasteiger charge is -2.28. The molecule has 31 heavy (non-hydrogen) atoms. The molecular formula is C19H34N6O6. The average molecular weight is 443 g/mol. The smallest absolute Gasteiger partial charge is 0.326 e. The maximum absolute atomic E-state index is 12.8. The number of unbranched alkanes of at least 4 members (excludes halogenated alkanes) is 1. The van der Waals surface area contributed by atoms with Crippen molar-refractivity contribution in [3.63, 3.8) is 0 Å². The van der Waals surface area contributed by atoms with E-state index in [0.717, 1.165) is 6.42 Å². The second-order valence-corrected chi connectivity index (χ2v) is 7.72. The summed E-state index contributed by atoms with van der Waals surface area (Å²) in [6, 6.07) is -3.81. The van der Waals surface area contributed by atoms with Crippen LogP contribution in [-0.2, 0) is 24.0 Å². The molecule has 1 saturated heterocycles. The van der Waals surface area contributed by atoms with E-state index in [1.54, 1.807) is 0 Å². The van der Waals surface area contributed by atoms with E-state index in [2.05, 4.69) is 10.6 Å². The van der Waals surface area contributed by atoms with Crippen LogP contribution >= 0.6 is 0 Å². The lowest BCUT2D eigenvalue weighted by molar-refractivity contribution is -0.145. The molecule has 4 amide bonds. The van der Waals surface area contributed by atoms with Crippen molar-refractivity contribution < 1.29 is 29.1 Å². The highest BCUT2D eigenvalue weighted by Crippen LogP contribution is 2.19. The second-order valence-electron chi connectivity index (χ2n) is 7.72. The van der Waals surface area contributed by atoms with Gasteiger partial charge < -0.3 is 37.8 Å². The number of nitrogens with two attached hydrogens (primary N) is 3. The van der Waals surface area contributed by atoms with E-state index < -0.39 is 53.8 Å². The number of rotatable bonds is 13. The first-order valence-corrected chi connectivity index (χ1v) is 10.5. The van der Waals surface area contributed by atoms with Gasteiger partial charge in [0.2, 0.25) is 23.6 Å². The third-order valence-electron chi connectivity index (χ3n) is 5.17. The van der Waals surface area contributed by atoms with E-state index in [1.807, 2.05) is 0 Å². The number of primary amides is 1. The van der Waals surface area contributed by atoms with Gasteiger partial charge in [0, 0.05) is 13.0 Å². The Bertz CT molecular complexity index is 672. The lowest BCUT2D eigenvalue weighted by Crippen LogP contribution is -2.56. The quantitative estimate of drug-likeness (QED) is 0.171. The summed E-state index contributed by atoms with van der Waals surface area (Å²) in [6.07, 6.45) is 2.46. The lowest BCUT2D eigenvalue weighted by atomic mass is 10.1. The molecule has 0 bridgehead atoms. The van der Waals surface area contributed by atoms with Crippen LogP contribution < -0.4 is 27.8 Å². The van der Waals surface area contributed by atoms with Gasteiger partial charge in [-0.25, -0.2) is 4.79 Å². The largest absolute Gasteiger partial charge is 0.480 e. The third kappa shape index (κ3) is 8.50. The van der Waals surface area contributed by atoms with E-state index >= 15 is 0 Å². The molecule has 0 saturated carbocycles. The second kappa shape index (κ2) is 12.8. The van der Waals surface area contributed by atoms with Crippen LogP contribution in [0.5, 0.6) is 0 Å². The zero-order chi connectivity index (χ0) is 23.6. The molecule has 1 heterocycles. The van der Waals surface area contributed by atoms with E-state index in [1.165, 1.54) is 11.8 Å². The SMILES string of the molecule is CC(NC(=O)C(N)CCCCN)C(=O)N1CCCC1C(=O)NC(CCC(N)=O)C(=O)O. The highest BCUT2D eigenvalue weighted by Gasteiger charge is 2.37. The molecule has 1 rings (SSSR count). The Balaban J connectivity index is 2.68. The van der Waals surface area contributed by atoms with Gasteiger partial charge in [-0.05, 0) is 45.6 Å². The van der Waals surface area contributed by atoms with Crippen LogP contribution in [0.25, 0.3) is 0 Å². The van der Waals surface area contributed by atoms with Gasteiger partial charge in [0.1, 0.15) is 18.1 Å². The summed E-state index contributed by atoms with van der Waals surface area (Å²) in [7, 11) is 0. The van der Waals surface area contributed by atoms with Crippen molar-refractivity contribution in [3.05, 3.63) is 0 Å². The highest BCUT2D eigenvalue weighted by atomic mass is 16.4. The Kier molecular flexibility index (Phi) is 10.9. The van der Waals surface area contributed by atoms with Crippen molar-refractivity contribution in [2.24, 2.45) is 17.2 Å². The number of nitrogens with one attached hydrogen (secondary N) is 2. The molecule has 9 N–H and O–H groups in total. The summed E-state index contributed by atoms with van der Waals surface area (Å²) in [4.78, 5) is 61.2. The molecule has 0 radical (unpaired) electrons. The number of carboxylic acids is 1. The van der Waals surface area contributed by atoms with Crippen molar-refractivity contribution in [1.82, 2.24) is 15.5 Å². The minimum absolute atomic E-state index is 0.147. The van der Waals surface area contributed by atoms with Crippen LogP contribution in [0.2, 0.25) is 0 Å². The zero-order valence-corrected chi connectivity index (χ0v) is 17.8. The van der Waals surface area contributed by atoms with Gasteiger partial charge in [0.25, 0.3) is 0 Å². The van der Waals surface area contributed by atoms with Gasteiger partial charge in [-0.2, -0.15) is 0 Å². The number of amides is 4. The van der Waals surface area contributed by atoms with Crippen molar-refractivity contribution in [2.75, 3.05) is 13.1 Å². The van der Waals surface area contributed by atoms with Gasteiger partial charge in [-0.3, -0.25) is 19.2 Å². The molecule has 12 heteroatoms. The minimum Gasteiger partial charge on any atom is -0.480 e. The molecule has 0 aliphatic carbocycles. The van der Waals surface area contributed by atoms with E-state index in [4.69, 9.17) is 17.2 Å². The molecule has 4 atom stereocenters. The van der Waals surface area contributed by atoms with Crippen LogP contribution in [0.3, 0.4) is 0 Å². The number of aliphatic carboxylic acids is 1. The number of nitrogens with zero attached hydrogens (tertiary/aromatic N) is 1. The Labute approximate surface area is 181 Å². The molecule has 0 aromatic rings. The normalized spacial score (nSPS) is 18.7. The summed E-state index contributed by atoms with van der Waals surface area (Å²) in [5.41, 5.74) is 16.3. The first kappa shape index (κ1) is 26.3. The molecule has 0 spiro atoms. The van der Waals surface area contributed by atoms with Gasteiger partial charge in [-0.1, -0.05) is 6.42 Å². The minimum atomic E-state index is -1.30. The van der Waals surface area contributed by atoms with Crippen molar-refractivity contribution in [3.8, 4) is 0 Å². The molecule has 1 aliphatic rings. The fourth-order valence-corrected chi connectivity index (χ4v) is 3.39. The summed E-state index contributed by atoms with van der Waals surface area (Å²) in [5.74, 6) is -3.52. The Morgan fingerprint density at radius 2 is 1.81 bits per heavy atom. The highest BCUT2D eigenvalue weighted by molar-refractivity contribution is 5.94. The van der Waals surface area contributed by atoms with Gasteiger partial charge >= 0.3 is 5.97 Å². The monoisotopic (exact) mass is 442 g/mol. The number of hydrogen-bond donors (Lipinski definition) is 6. The molecule has 0 aromatic heterocycles. The fourth-order valence-electron chi connectivity index (χ4n) is 3.39. The van der Waals surface area contributed by atoms with Gasteiger partial charge in [-0.15, -0.1) is 0 Å². The van der Waals surface area contributed by atoms with E-state index in [0.29, 0.717) is 38.8 Å². The molecule has 0 aromatic carbocycles. The topological polar surface area (TPSA) is 211 Å². The van der Waals surface area contributed by atoms with Crippen LogP contribution in [0.4, 0.5) is 0 Å². The van der Waals surface area contributed by atoms with Gasteiger partial charge in [0.05, 0.1) is 6.04 Å². The number of likely N-dealkylation sites (tertiary alicyclic amines) is 1. The molecule has 1 aliphatic heterocycles. The third-order valence-corrected chi connectivity index (χ3v) is 5.17. The molecule has 4 unspecified atom stereocenters. The summed E-state index contributed by atoms with van der Waals surface area (Å²) in [6.45, 7) is 2.32. The molecule has 176 valence electrons. The van der Waals surface area contributed by atoms with Crippen LogP contribution in [-0.4, -0.2) is 76.9 Å². The first-order valence-electron chi connectivity index (χ1n) is 10.5. The van der Waals surface area contributed by atoms with E-state index in [-0.39, 0.29) is 12.8 Å². The van der Waals surface area contributed by atoms with Crippen molar-refractivity contribution in [1.29, 1.82) is 0 Å². The summed E-state index contributed by atoms with van der Waals surface area (Å²) >= 11 is 0. The van der Waals surface area contributed by atoms with Crippen LogP contribution in [0.15, 0.2) is 0 Å². The predicted molar refractivity (Wildman–Crippen MR) is 111 cm³/mol.